The van der Waals surface area contributed by atoms with Crippen LogP contribution in [0.3, 0.4) is 0 Å². The highest BCUT2D eigenvalue weighted by Crippen LogP contribution is 2.28. The van der Waals surface area contributed by atoms with Crippen LogP contribution in [-0.2, 0) is 20.8 Å². The Hall–Kier alpha value is -1.30. The molecule has 6 heteroatoms. The number of rotatable bonds is 7. The van der Waals surface area contributed by atoms with Gasteiger partial charge >= 0.3 is 5.97 Å². The monoisotopic (exact) mass is 299 g/mol. The number of ether oxygens (including phenoxy) is 3. The first-order chi connectivity index (χ1) is 9.70. The van der Waals surface area contributed by atoms with Crippen LogP contribution < -0.4 is 10.1 Å². The van der Waals surface area contributed by atoms with Gasteiger partial charge in [-0.1, -0.05) is 17.7 Å². The van der Waals surface area contributed by atoms with E-state index in [1.165, 1.54) is 0 Å². The van der Waals surface area contributed by atoms with Crippen molar-refractivity contribution in [2.24, 2.45) is 0 Å². The smallest absolute Gasteiger partial charge is 0.347 e. The summed E-state index contributed by atoms with van der Waals surface area (Å²) in [7, 11) is 1.67. The molecule has 1 heterocycles. The maximum absolute atomic E-state index is 11.3. The minimum absolute atomic E-state index is 0.327. The van der Waals surface area contributed by atoms with Crippen LogP contribution in [0.4, 0.5) is 0 Å². The largest absolute Gasteiger partial charge is 0.477 e. The number of esters is 1. The topological polar surface area (TPSA) is 56.8 Å². The van der Waals surface area contributed by atoms with E-state index in [1.807, 2.05) is 12.1 Å². The summed E-state index contributed by atoms with van der Waals surface area (Å²) in [6.45, 7) is 2.55. The van der Waals surface area contributed by atoms with Crippen LogP contribution in [0.5, 0.6) is 5.75 Å². The molecular formula is C14H18ClNO4. The van der Waals surface area contributed by atoms with Crippen LogP contribution in [0, 0.1) is 0 Å². The number of cyclic esters (lactones) is 1. The second-order valence-electron chi connectivity index (χ2n) is 4.50. The zero-order valence-electron chi connectivity index (χ0n) is 11.4. The molecule has 0 aromatic heterocycles. The highest BCUT2D eigenvalue weighted by molar-refractivity contribution is 6.32. The van der Waals surface area contributed by atoms with E-state index in [4.69, 9.17) is 25.8 Å². The third-order valence-corrected chi connectivity index (χ3v) is 3.26. The predicted molar refractivity (Wildman–Crippen MR) is 75.0 cm³/mol. The van der Waals surface area contributed by atoms with Gasteiger partial charge in [-0.3, -0.25) is 0 Å². The maximum atomic E-state index is 11.3. The Kier molecular flexibility index (Phi) is 5.64. The summed E-state index contributed by atoms with van der Waals surface area (Å²) in [5.41, 5.74) is 1.05. The van der Waals surface area contributed by atoms with Gasteiger partial charge in [0.1, 0.15) is 5.75 Å². The van der Waals surface area contributed by atoms with E-state index in [0.29, 0.717) is 37.0 Å². The van der Waals surface area contributed by atoms with Crippen LogP contribution in [0.15, 0.2) is 18.2 Å². The standard InChI is InChI=1S/C14H18ClNO4/c1-18-7-5-16-9-10-2-3-12(11(15)8-10)20-13-4-6-19-14(13)17/h2-3,8,13,16H,4-7,9H2,1H3. The van der Waals surface area contributed by atoms with Crippen LogP contribution in [-0.4, -0.2) is 38.9 Å². The van der Waals surface area contributed by atoms with Crippen molar-refractivity contribution in [3.63, 3.8) is 0 Å². The number of nitrogens with one attached hydrogen (secondary N) is 1. The molecular weight excluding hydrogens is 282 g/mol. The SMILES string of the molecule is COCCNCc1ccc(OC2CCOC2=O)c(Cl)c1. The fourth-order valence-corrected chi connectivity index (χ4v) is 2.14. The zero-order valence-corrected chi connectivity index (χ0v) is 12.1. The molecule has 0 radical (unpaired) electrons. The summed E-state index contributed by atoms with van der Waals surface area (Å²) in [5.74, 6) is 0.183. The Labute approximate surface area is 123 Å². The second-order valence-corrected chi connectivity index (χ2v) is 4.90. The predicted octanol–water partition coefficient (Wildman–Crippen LogP) is 1.77. The molecule has 20 heavy (non-hydrogen) atoms. The highest BCUT2D eigenvalue weighted by atomic mass is 35.5. The molecule has 1 aliphatic heterocycles. The molecule has 0 amide bonds. The summed E-state index contributed by atoms with van der Waals surface area (Å²) in [4.78, 5) is 11.3. The van der Waals surface area contributed by atoms with Crippen molar-refractivity contribution in [3.05, 3.63) is 28.8 Å². The van der Waals surface area contributed by atoms with E-state index in [-0.39, 0.29) is 5.97 Å². The average Bonchev–Trinajstić information content (AvgIpc) is 2.83. The molecule has 0 saturated carbocycles. The number of hydrogen-bond donors (Lipinski definition) is 1. The highest BCUT2D eigenvalue weighted by Gasteiger charge is 2.28. The number of hydrogen-bond acceptors (Lipinski definition) is 5. The third-order valence-electron chi connectivity index (χ3n) is 2.96. The molecule has 0 bridgehead atoms. The third kappa shape index (κ3) is 4.10. The van der Waals surface area contributed by atoms with E-state index in [1.54, 1.807) is 13.2 Å². The first kappa shape index (κ1) is 15.1. The molecule has 2 rings (SSSR count). The Balaban J connectivity index is 1.90. The lowest BCUT2D eigenvalue weighted by Crippen LogP contribution is -2.22. The Morgan fingerprint density at radius 2 is 2.35 bits per heavy atom. The van der Waals surface area contributed by atoms with Gasteiger partial charge in [0, 0.05) is 26.6 Å². The van der Waals surface area contributed by atoms with Crippen LogP contribution in [0.1, 0.15) is 12.0 Å². The van der Waals surface area contributed by atoms with Crippen molar-refractivity contribution >= 4 is 17.6 Å². The lowest BCUT2D eigenvalue weighted by molar-refractivity contribution is -0.143. The molecule has 5 nitrogen and oxygen atoms in total. The van der Waals surface area contributed by atoms with Gasteiger partial charge in [0.05, 0.1) is 18.2 Å². The zero-order chi connectivity index (χ0) is 14.4. The fourth-order valence-electron chi connectivity index (χ4n) is 1.89. The minimum atomic E-state index is -0.543. The number of methoxy groups -OCH3 is 1. The molecule has 1 aliphatic rings. The van der Waals surface area contributed by atoms with Gasteiger partial charge in [0.2, 0.25) is 0 Å². The molecule has 1 unspecified atom stereocenters. The van der Waals surface area contributed by atoms with Crippen molar-refractivity contribution in [3.8, 4) is 5.75 Å². The van der Waals surface area contributed by atoms with Crippen molar-refractivity contribution < 1.29 is 19.0 Å². The number of benzene rings is 1. The van der Waals surface area contributed by atoms with Crippen molar-refractivity contribution in [2.75, 3.05) is 26.9 Å². The Morgan fingerprint density at radius 3 is 3.00 bits per heavy atom. The summed E-state index contributed by atoms with van der Waals surface area (Å²) in [6, 6.07) is 5.53. The molecule has 1 aromatic rings. The van der Waals surface area contributed by atoms with Crippen LogP contribution >= 0.6 is 11.6 Å². The quantitative estimate of drug-likeness (QED) is 0.614. The summed E-state index contributed by atoms with van der Waals surface area (Å²) < 4.78 is 15.4. The molecule has 1 atom stereocenters. The molecule has 0 aliphatic carbocycles. The van der Waals surface area contributed by atoms with Crippen LogP contribution in [0.25, 0.3) is 0 Å². The maximum Gasteiger partial charge on any atom is 0.347 e. The van der Waals surface area contributed by atoms with Crippen molar-refractivity contribution in [2.45, 2.75) is 19.1 Å². The van der Waals surface area contributed by atoms with Crippen LogP contribution in [0.2, 0.25) is 5.02 Å². The molecule has 1 saturated heterocycles. The molecule has 110 valence electrons. The van der Waals surface area contributed by atoms with Crippen molar-refractivity contribution in [1.82, 2.24) is 5.32 Å². The lowest BCUT2D eigenvalue weighted by Gasteiger charge is -2.12. The Bertz CT molecular complexity index is 466. The fraction of sp³-hybridized carbons (Fsp3) is 0.500. The molecule has 1 aromatic carbocycles. The normalized spacial score (nSPS) is 18.1. The van der Waals surface area contributed by atoms with Gasteiger partial charge in [-0.2, -0.15) is 0 Å². The summed E-state index contributed by atoms with van der Waals surface area (Å²) >= 11 is 6.17. The average molecular weight is 300 g/mol. The molecule has 1 fully saturated rings. The number of carbonyl (C=O) groups is 1. The van der Waals surface area contributed by atoms with Gasteiger partial charge in [-0.25, -0.2) is 4.79 Å². The van der Waals surface area contributed by atoms with E-state index in [9.17, 15) is 4.79 Å². The van der Waals surface area contributed by atoms with E-state index < -0.39 is 6.10 Å². The lowest BCUT2D eigenvalue weighted by atomic mass is 10.2. The van der Waals surface area contributed by atoms with E-state index >= 15 is 0 Å². The van der Waals surface area contributed by atoms with Gasteiger partial charge in [0.25, 0.3) is 0 Å². The Morgan fingerprint density at radius 1 is 1.50 bits per heavy atom. The first-order valence-corrected chi connectivity index (χ1v) is 6.90. The number of carbonyl (C=O) groups excluding carboxylic acids is 1. The molecule has 1 N–H and O–H groups in total. The minimum Gasteiger partial charge on any atom is -0.477 e. The van der Waals surface area contributed by atoms with Gasteiger partial charge in [-0.15, -0.1) is 0 Å². The van der Waals surface area contributed by atoms with Gasteiger partial charge in [0.15, 0.2) is 6.10 Å². The summed E-state index contributed by atoms with van der Waals surface area (Å²) in [6.07, 6.45) is 0.0216. The summed E-state index contributed by atoms with van der Waals surface area (Å²) in [5, 5.41) is 3.73. The molecule has 0 spiro atoms. The van der Waals surface area contributed by atoms with Gasteiger partial charge in [-0.05, 0) is 17.7 Å². The van der Waals surface area contributed by atoms with E-state index in [2.05, 4.69) is 5.32 Å². The van der Waals surface area contributed by atoms with Crippen molar-refractivity contribution in [1.29, 1.82) is 0 Å². The first-order valence-electron chi connectivity index (χ1n) is 6.52. The number of halogens is 1. The van der Waals surface area contributed by atoms with Gasteiger partial charge < -0.3 is 19.5 Å². The van der Waals surface area contributed by atoms with E-state index in [0.717, 1.165) is 12.1 Å². The second kappa shape index (κ2) is 7.47.